The molecular formula is C16H17ClN5O3S+. The number of hydrogen-bond donors (Lipinski definition) is 0. The van der Waals surface area contributed by atoms with Gasteiger partial charge in [-0.05, 0) is 28.4 Å². The number of rotatable bonds is 2. The molecule has 3 aliphatic heterocycles. The van der Waals surface area contributed by atoms with Crippen molar-refractivity contribution < 1.29 is 19.0 Å². The van der Waals surface area contributed by atoms with Crippen LogP contribution in [0.5, 0.6) is 0 Å². The van der Waals surface area contributed by atoms with E-state index in [1.165, 1.54) is 34.0 Å². The van der Waals surface area contributed by atoms with Crippen molar-refractivity contribution in [3.8, 4) is 0 Å². The second-order valence-electron chi connectivity index (χ2n) is 6.44. The van der Waals surface area contributed by atoms with Crippen molar-refractivity contribution in [2.24, 2.45) is 4.99 Å². The number of amidine groups is 2. The summed E-state index contributed by atoms with van der Waals surface area (Å²) in [7, 11) is 2.95. The highest BCUT2D eigenvalue weighted by molar-refractivity contribution is 7.10. The molecule has 10 heteroatoms. The van der Waals surface area contributed by atoms with E-state index in [1.54, 1.807) is 16.2 Å². The van der Waals surface area contributed by atoms with E-state index in [9.17, 15) is 14.4 Å². The number of likely N-dealkylation sites (N-methyl/N-ethyl adjacent to an activating group) is 2. The van der Waals surface area contributed by atoms with Gasteiger partial charge in [0.15, 0.2) is 6.54 Å². The van der Waals surface area contributed by atoms with Gasteiger partial charge in [0.2, 0.25) is 0 Å². The molecule has 0 aliphatic carbocycles. The Morgan fingerprint density at radius 3 is 2.92 bits per heavy atom. The minimum absolute atomic E-state index is 0.0508. The van der Waals surface area contributed by atoms with Gasteiger partial charge >= 0.3 is 11.3 Å². The maximum absolute atomic E-state index is 12.8. The van der Waals surface area contributed by atoms with Crippen LogP contribution in [-0.2, 0) is 22.6 Å². The summed E-state index contributed by atoms with van der Waals surface area (Å²) in [5.41, 5.74) is 1.17. The molecule has 0 radical (unpaired) electrons. The van der Waals surface area contributed by atoms with Crippen LogP contribution in [0.25, 0.3) is 0 Å². The van der Waals surface area contributed by atoms with E-state index in [1.807, 2.05) is 11.4 Å². The molecule has 26 heavy (non-hydrogen) atoms. The lowest BCUT2D eigenvalue weighted by atomic mass is 10.1. The summed E-state index contributed by atoms with van der Waals surface area (Å²) in [6.07, 6.45) is 0.834. The molecule has 0 saturated carbocycles. The number of carbonyl (C=O) groups is 3. The molecule has 1 aromatic rings. The molecule has 0 N–H and O–H groups in total. The molecule has 4 rings (SSSR count). The van der Waals surface area contributed by atoms with Crippen LogP contribution in [-0.4, -0.2) is 81.5 Å². The minimum Gasteiger partial charge on any atom is -0.335 e. The number of urea groups is 1. The van der Waals surface area contributed by atoms with Gasteiger partial charge < -0.3 is 4.90 Å². The van der Waals surface area contributed by atoms with Crippen LogP contribution in [0.1, 0.15) is 10.4 Å². The Kier molecular flexibility index (Phi) is 4.07. The summed E-state index contributed by atoms with van der Waals surface area (Å²) in [6.45, 7) is 1.15. The molecule has 0 spiro atoms. The molecular weight excluding hydrogens is 378 g/mol. The monoisotopic (exact) mass is 394 g/mol. The maximum atomic E-state index is 12.8. The molecule has 136 valence electrons. The van der Waals surface area contributed by atoms with Crippen molar-refractivity contribution in [2.75, 3.05) is 27.2 Å². The van der Waals surface area contributed by atoms with Gasteiger partial charge in [0.1, 0.15) is 0 Å². The van der Waals surface area contributed by atoms with Crippen LogP contribution >= 0.6 is 22.9 Å². The molecule has 4 heterocycles. The molecule has 4 amide bonds. The van der Waals surface area contributed by atoms with E-state index in [0.29, 0.717) is 13.1 Å². The third kappa shape index (κ3) is 2.53. The first-order valence-electron chi connectivity index (χ1n) is 8.14. The summed E-state index contributed by atoms with van der Waals surface area (Å²) in [4.78, 5) is 47.0. The van der Waals surface area contributed by atoms with Gasteiger partial charge in [-0.2, -0.15) is 0 Å². The zero-order valence-electron chi connectivity index (χ0n) is 14.3. The summed E-state index contributed by atoms with van der Waals surface area (Å²) in [5.74, 6) is -0.296. The largest absolute Gasteiger partial charge is 0.394 e. The third-order valence-electron chi connectivity index (χ3n) is 4.95. The second kappa shape index (κ2) is 6.17. The molecule has 0 bridgehead atoms. The number of carbonyl (C=O) groups excluding carboxylic acids is 3. The van der Waals surface area contributed by atoms with Crippen molar-refractivity contribution in [1.29, 1.82) is 0 Å². The lowest BCUT2D eigenvalue weighted by Crippen LogP contribution is -2.62. The predicted molar refractivity (Wildman–Crippen MR) is 96.6 cm³/mol. The van der Waals surface area contributed by atoms with E-state index in [0.717, 1.165) is 11.3 Å². The number of fused-ring (bicyclic) bond motifs is 2. The van der Waals surface area contributed by atoms with Gasteiger partial charge in [0.05, 0.1) is 0 Å². The summed E-state index contributed by atoms with van der Waals surface area (Å²) >= 11 is 7.91. The Hall–Kier alpha value is -2.26. The molecule has 3 aliphatic rings. The SMILES string of the molecule is CN1C(=O)C2C(=NC(Cl)=[N+]2CC(=O)N2CCc3sccc3C2)N(C)C1=O. The highest BCUT2D eigenvalue weighted by Gasteiger charge is 2.53. The fourth-order valence-electron chi connectivity index (χ4n) is 3.43. The predicted octanol–water partition coefficient (Wildman–Crippen LogP) is 0.545. The Balaban J connectivity index is 1.54. The highest BCUT2D eigenvalue weighted by atomic mass is 35.5. The Morgan fingerprint density at radius 1 is 1.38 bits per heavy atom. The minimum atomic E-state index is -0.847. The van der Waals surface area contributed by atoms with Crippen LogP contribution in [0.15, 0.2) is 16.4 Å². The lowest BCUT2D eigenvalue weighted by molar-refractivity contribution is -0.523. The quantitative estimate of drug-likeness (QED) is 0.543. The van der Waals surface area contributed by atoms with E-state index in [-0.39, 0.29) is 23.6 Å². The second-order valence-corrected chi connectivity index (χ2v) is 7.78. The topological polar surface area (TPSA) is 76.3 Å². The van der Waals surface area contributed by atoms with Gasteiger partial charge in [-0.15, -0.1) is 11.3 Å². The van der Waals surface area contributed by atoms with Gasteiger partial charge in [-0.1, -0.05) is 0 Å². The summed E-state index contributed by atoms with van der Waals surface area (Å²) in [5, 5.41) is 2.09. The molecule has 1 saturated heterocycles. The number of imide groups is 1. The van der Waals surface area contributed by atoms with Gasteiger partial charge in [0, 0.05) is 43.7 Å². The number of hydrogen-bond acceptors (Lipinski definition) is 5. The first-order chi connectivity index (χ1) is 12.4. The van der Waals surface area contributed by atoms with Crippen LogP contribution < -0.4 is 0 Å². The fraction of sp³-hybridized carbons (Fsp3) is 0.438. The molecule has 1 aromatic heterocycles. The number of halogens is 1. The Labute approximate surface area is 159 Å². The standard InChI is InChI=1S/C16H17ClN5O3S/c1-19-13-12(14(24)20(2)16(19)25)22(15(17)18-13)8-11(23)21-5-3-10-9(7-21)4-6-26-10/h4,6,12H,3,5,7-8H2,1-2H3/q+1. The number of nitrogens with zero attached hydrogens (tertiary/aromatic N) is 5. The molecule has 0 aromatic carbocycles. The van der Waals surface area contributed by atoms with Crippen molar-refractivity contribution in [1.82, 2.24) is 14.7 Å². The van der Waals surface area contributed by atoms with Crippen molar-refractivity contribution >= 4 is 51.9 Å². The molecule has 1 fully saturated rings. The highest BCUT2D eigenvalue weighted by Crippen LogP contribution is 2.25. The first kappa shape index (κ1) is 17.2. The van der Waals surface area contributed by atoms with Gasteiger partial charge in [-0.25, -0.2) is 9.37 Å². The Bertz CT molecular complexity index is 892. The zero-order valence-corrected chi connectivity index (χ0v) is 15.9. The van der Waals surface area contributed by atoms with E-state index < -0.39 is 18.0 Å². The summed E-state index contributed by atoms with van der Waals surface area (Å²) < 4.78 is 1.46. The number of amides is 4. The van der Waals surface area contributed by atoms with E-state index >= 15 is 0 Å². The number of thiophene rings is 1. The van der Waals surface area contributed by atoms with Gasteiger partial charge in [0.25, 0.3) is 23.7 Å². The zero-order chi connectivity index (χ0) is 18.6. The average Bonchev–Trinajstić information content (AvgIpc) is 3.22. The third-order valence-corrected chi connectivity index (χ3v) is 6.27. The smallest absolute Gasteiger partial charge is 0.335 e. The van der Waals surface area contributed by atoms with Crippen LogP contribution in [0, 0.1) is 0 Å². The molecule has 8 nitrogen and oxygen atoms in total. The van der Waals surface area contributed by atoms with Crippen LogP contribution in [0.4, 0.5) is 4.79 Å². The van der Waals surface area contributed by atoms with Crippen LogP contribution in [0.2, 0.25) is 0 Å². The maximum Gasteiger partial charge on any atom is 0.394 e. The van der Waals surface area contributed by atoms with Gasteiger partial charge in [-0.3, -0.25) is 19.4 Å². The molecule has 1 unspecified atom stereocenters. The van der Waals surface area contributed by atoms with E-state index in [4.69, 9.17) is 11.6 Å². The van der Waals surface area contributed by atoms with Crippen LogP contribution in [0.3, 0.4) is 0 Å². The lowest BCUT2D eigenvalue weighted by Gasteiger charge is -2.31. The number of aliphatic imine (C=N–C) groups is 1. The Morgan fingerprint density at radius 2 is 2.15 bits per heavy atom. The summed E-state index contributed by atoms with van der Waals surface area (Å²) in [6, 6.07) is 0.722. The first-order valence-corrected chi connectivity index (χ1v) is 9.40. The van der Waals surface area contributed by atoms with Crippen molar-refractivity contribution in [3.63, 3.8) is 0 Å². The normalized spacial score (nSPS) is 22.7. The fourth-order valence-corrected chi connectivity index (χ4v) is 4.57. The van der Waals surface area contributed by atoms with Crippen molar-refractivity contribution in [3.05, 3.63) is 21.9 Å². The average molecular weight is 395 g/mol. The van der Waals surface area contributed by atoms with E-state index in [2.05, 4.69) is 4.99 Å². The molecule has 1 atom stereocenters. The van der Waals surface area contributed by atoms with Crippen molar-refractivity contribution in [2.45, 2.75) is 19.0 Å².